The van der Waals surface area contributed by atoms with Gasteiger partial charge in [-0.3, -0.25) is 19.8 Å². The van der Waals surface area contributed by atoms with E-state index < -0.39 is 29.7 Å². The molecule has 1 aliphatic rings. The summed E-state index contributed by atoms with van der Waals surface area (Å²) in [6, 6.07) is 27.5. The molecule has 1 heterocycles. The van der Waals surface area contributed by atoms with Crippen molar-refractivity contribution >= 4 is 17.8 Å². The first-order valence-corrected chi connectivity index (χ1v) is 9.45. The summed E-state index contributed by atoms with van der Waals surface area (Å²) in [5, 5.41) is 2.38. The summed E-state index contributed by atoms with van der Waals surface area (Å²) in [6.07, 6.45) is 0. The van der Waals surface area contributed by atoms with Crippen molar-refractivity contribution in [3.63, 3.8) is 0 Å². The average Bonchev–Trinajstić information content (AvgIpc) is 2.76. The van der Waals surface area contributed by atoms with Crippen molar-refractivity contribution in [3.05, 3.63) is 108 Å². The number of rotatable bonds is 5. The second kappa shape index (κ2) is 8.10. The molecule has 0 saturated carbocycles. The van der Waals surface area contributed by atoms with Crippen LogP contribution in [0.5, 0.6) is 0 Å². The van der Waals surface area contributed by atoms with Crippen molar-refractivity contribution in [2.75, 3.05) is 0 Å². The smallest absolute Gasteiger partial charge is 0.277 e. The Hall–Kier alpha value is -3.73. The number of hydrogen-bond donors (Lipinski definition) is 1. The molecule has 1 unspecified atom stereocenters. The maximum atomic E-state index is 13.4. The molecular formula is C24H20N2O3. The van der Waals surface area contributed by atoms with Crippen LogP contribution >= 0.6 is 0 Å². The molecule has 29 heavy (non-hydrogen) atoms. The Bertz CT molecular complexity index is 980. The Kier molecular flexibility index (Phi) is 5.20. The molecule has 0 spiro atoms. The summed E-state index contributed by atoms with van der Waals surface area (Å²) >= 11 is 0. The molecule has 0 radical (unpaired) electrons. The lowest BCUT2D eigenvalue weighted by Crippen LogP contribution is -2.58. The molecule has 5 nitrogen and oxygen atoms in total. The highest BCUT2D eigenvalue weighted by atomic mass is 16.2. The lowest BCUT2D eigenvalue weighted by molar-refractivity contribution is -0.143. The fourth-order valence-electron chi connectivity index (χ4n) is 3.74. The van der Waals surface area contributed by atoms with Crippen molar-refractivity contribution in [2.24, 2.45) is 5.92 Å². The van der Waals surface area contributed by atoms with E-state index in [4.69, 9.17) is 0 Å². The molecule has 4 amide bonds. The van der Waals surface area contributed by atoms with Gasteiger partial charge in [0.05, 0.1) is 6.54 Å². The van der Waals surface area contributed by atoms with Crippen molar-refractivity contribution < 1.29 is 14.4 Å². The molecule has 1 saturated heterocycles. The lowest BCUT2D eigenvalue weighted by atomic mass is 9.78. The second-order valence-corrected chi connectivity index (χ2v) is 6.98. The molecule has 1 aliphatic heterocycles. The minimum atomic E-state index is -1.03. The summed E-state index contributed by atoms with van der Waals surface area (Å²) in [5.74, 6) is -2.57. The number of nitrogens with zero attached hydrogens (tertiary/aromatic N) is 1. The Morgan fingerprint density at radius 3 is 1.72 bits per heavy atom. The number of amides is 4. The van der Waals surface area contributed by atoms with E-state index >= 15 is 0 Å². The summed E-state index contributed by atoms with van der Waals surface area (Å²) < 4.78 is 0. The van der Waals surface area contributed by atoms with Gasteiger partial charge in [0.15, 0.2) is 0 Å². The molecule has 3 aromatic carbocycles. The maximum Gasteiger partial charge on any atom is 0.331 e. The zero-order chi connectivity index (χ0) is 20.2. The van der Waals surface area contributed by atoms with Crippen LogP contribution in [0.4, 0.5) is 4.79 Å². The van der Waals surface area contributed by atoms with Crippen molar-refractivity contribution in [2.45, 2.75) is 12.5 Å². The SMILES string of the molecule is O=C1NC(=O)N(Cc2ccccc2)C(=O)C1C(c1ccccc1)c1ccccc1. The average molecular weight is 384 g/mol. The number of barbiturate groups is 1. The van der Waals surface area contributed by atoms with Crippen LogP contribution in [-0.4, -0.2) is 22.7 Å². The zero-order valence-corrected chi connectivity index (χ0v) is 15.7. The van der Waals surface area contributed by atoms with Gasteiger partial charge >= 0.3 is 6.03 Å². The minimum Gasteiger partial charge on any atom is -0.277 e. The van der Waals surface area contributed by atoms with Crippen molar-refractivity contribution in [1.29, 1.82) is 0 Å². The number of benzene rings is 3. The van der Waals surface area contributed by atoms with E-state index in [0.717, 1.165) is 21.6 Å². The minimum absolute atomic E-state index is 0.117. The zero-order valence-electron chi connectivity index (χ0n) is 15.7. The van der Waals surface area contributed by atoms with Gasteiger partial charge in [0.2, 0.25) is 11.8 Å². The van der Waals surface area contributed by atoms with E-state index in [9.17, 15) is 14.4 Å². The number of carbonyl (C=O) groups excluding carboxylic acids is 3. The first-order chi connectivity index (χ1) is 14.1. The monoisotopic (exact) mass is 384 g/mol. The van der Waals surface area contributed by atoms with Crippen LogP contribution in [0.3, 0.4) is 0 Å². The van der Waals surface area contributed by atoms with Crippen LogP contribution in [0.2, 0.25) is 0 Å². The standard InChI is InChI=1S/C24H20N2O3/c27-22-21(20(18-12-6-2-7-13-18)19-14-8-3-9-15-19)23(28)26(24(29)25-22)16-17-10-4-1-5-11-17/h1-15,20-21H,16H2,(H,25,27,29). The molecule has 0 bridgehead atoms. The van der Waals surface area contributed by atoms with Crippen LogP contribution < -0.4 is 5.32 Å². The fourth-order valence-corrected chi connectivity index (χ4v) is 3.74. The van der Waals surface area contributed by atoms with Crippen LogP contribution in [0, 0.1) is 5.92 Å². The number of carbonyl (C=O) groups is 3. The van der Waals surface area contributed by atoms with Crippen LogP contribution in [-0.2, 0) is 16.1 Å². The molecule has 144 valence electrons. The maximum absolute atomic E-state index is 13.4. The van der Waals surface area contributed by atoms with Gasteiger partial charge in [-0.1, -0.05) is 91.0 Å². The van der Waals surface area contributed by atoms with Gasteiger partial charge in [-0.25, -0.2) is 4.79 Å². The largest absolute Gasteiger partial charge is 0.331 e. The van der Waals surface area contributed by atoms with Gasteiger partial charge in [0.25, 0.3) is 0 Å². The predicted octanol–water partition coefficient (Wildman–Crippen LogP) is 3.71. The van der Waals surface area contributed by atoms with Crippen molar-refractivity contribution in [3.8, 4) is 0 Å². The number of imide groups is 2. The van der Waals surface area contributed by atoms with Gasteiger partial charge in [0.1, 0.15) is 5.92 Å². The van der Waals surface area contributed by atoms with Gasteiger partial charge in [0, 0.05) is 5.92 Å². The summed E-state index contributed by atoms with van der Waals surface area (Å²) in [6.45, 7) is 0.117. The van der Waals surface area contributed by atoms with E-state index in [0.29, 0.717) is 0 Å². The molecule has 1 atom stereocenters. The number of urea groups is 1. The summed E-state index contributed by atoms with van der Waals surface area (Å²) in [5.41, 5.74) is 2.52. The Morgan fingerprint density at radius 2 is 1.21 bits per heavy atom. The third kappa shape index (κ3) is 3.80. The fraction of sp³-hybridized carbons (Fsp3) is 0.125. The third-order valence-corrected chi connectivity index (χ3v) is 5.12. The highest BCUT2D eigenvalue weighted by molar-refractivity contribution is 6.16. The van der Waals surface area contributed by atoms with Gasteiger partial charge in [-0.15, -0.1) is 0 Å². The highest BCUT2D eigenvalue weighted by Gasteiger charge is 2.45. The molecule has 4 rings (SSSR count). The molecular weight excluding hydrogens is 364 g/mol. The van der Waals surface area contributed by atoms with E-state index in [2.05, 4.69) is 5.32 Å². The molecule has 3 aromatic rings. The normalized spacial score (nSPS) is 16.8. The quantitative estimate of drug-likeness (QED) is 0.682. The predicted molar refractivity (Wildman–Crippen MR) is 109 cm³/mol. The Labute approximate surface area is 169 Å². The topological polar surface area (TPSA) is 66.5 Å². The molecule has 1 N–H and O–H groups in total. The van der Waals surface area contributed by atoms with Gasteiger partial charge < -0.3 is 0 Å². The van der Waals surface area contributed by atoms with E-state index in [1.54, 1.807) is 0 Å². The van der Waals surface area contributed by atoms with Crippen molar-refractivity contribution in [1.82, 2.24) is 10.2 Å². The van der Waals surface area contributed by atoms with Crippen LogP contribution in [0.1, 0.15) is 22.6 Å². The molecule has 0 aliphatic carbocycles. The lowest BCUT2D eigenvalue weighted by Gasteiger charge is -2.34. The molecule has 0 aromatic heterocycles. The second-order valence-electron chi connectivity index (χ2n) is 6.98. The van der Waals surface area contributed by atoms with Gasteiger partial charge in [-0.2, -0.15) is 0 Å². The van der Waals surface area contributed by atoms with Gasteiger partial charge in [-0.05, 0) is 16.7 Å². The number of hydrogen-bond acceptors (Lipinski definition) is 3. The summed E-state index contributed by atoms with van der Waals surface area (Å²) in [7, 11) is 0. The van der Waals surface area contributed by atoms with Crippen LogP contribution in [0.15, 0.2) is 91.0 Å². The first-order valence-electron chi connectivity index (χ1n) is 9.45. The number of nitrogens with one attached hydrogen (secondary N) is 1. The van der Waals surface area contributed by atoms with Crippen LogP contribution in [0.25, 0.3) is 0 Å². The molecule has 5 heteroatoms. The highest BCUT2D eigenvalue weighted by Crippen LogP contribution is 2.35. The molecule has 1 fully saturated rings. The third-order valence-electron chi connectivity index (χ3n) is 5.12. The Morgan fingerprint density at radius 1 is 0.724 bits per heavy atom. The first kappa shape index (κ1) is 18.6. The van der Waals surface area contributed by atoms with E-state index in [-0.39, 0.29) is 6.54 Å². The van der Waals surface area contributed by atoms with E-state index in [1.807, 2.05) is 91.0 Å². The Balaban J connectivity index is 1.74. The summed E-state index contributed by atoms with van der Waals surface area (Å²) in [4.78, 5) is 39.8. The van der Waals surface area contributed by atoms with E-state index in [1.165, 1.54) is 0 Å².